The van der Waals surface area contributed by atoms with Gasteiger partial charge >= 0.3 is 0 Å². The molecule has 1 amide bonds. The minimum atomic E-state index is -0.600. The zero-order valence-electron chi connectivity index (χ0n) is 6.16. The van der Waals surface area contributed by atoms with Gasteiger partial charge in [0.1, 0.15) is 0 Å². The van der Waals surface area contributed by atoms with Gasteiger partial charge in [-0.2, -0.15) is 0 Å². The van der Waals surface area contributed by atoms with Crippen LogP contribution in [0.5, 0.6) is 0 Å². The van der Waals surface area contributed by atoms with E-state index in [2.05, 4.69) is 4.99 Å². The fourth-order valence-electron chi connectivity index (χ4n) is 0.873. The van der Waals surface area contributed by atoms with Crippen molar-refractivity contribution in [3.8, 4) is 0 Å². The average Bonchev–Trinajstić information content (AvgIpc) is 2.39. The Labute approximate surface area is 65.0 Å². The van der Waals surface area contributed by atoms with Crippen molar-refractivity contribution >= 4 is 12.1 Å². The van der Waals surface area contributed by atoms with E-state index in [1.165, 1.54) is 0 Å². The summed E-state index contributed by atoms with van der Waals surface area (Å²) < 4.78 is 0. The van der Waals surface area contributed by atoms with E-state index in [9.17, 15) is 4.79 Å². The lowest BCUT2D eigenvalue weighted by Crippen LogP contribution is -2.36. The number of aliphatic imine (C=N–C) groups is 1. The third-order valence-corrected chi connectivity index (χ3v) is 1.51. The highest BCUT2D eigenvalue weighted by Gasteiger charge is 2.11. The first-order valence-corrected chi connectivity index (χ1v) is 3.46. The highest BCUT2D eigenvalue weighted by atomic mass is 16.1. The molecule has 0 aliphatic carbocycles. The number of allylic oxidation sites excluding steroid dienone is 1. The van der Waals surface area contributed by atoms with Crippen molar-refractivity contribution < 1.29 is 4.79 Å². The number of primary amides is 1. The lowest BCUT2D eigenvalue weighted by Gasteiger charge is -2.04. The van der Waals surface area contributed by atoms with Gasteiger partial charge in [0, 0.05) is 24.8 Å². The van der Waals surface area contributed by atoms with Gasteiger partial charge in [-0.25, -0.2) is 0 Å². The molecule has 1 rings (SSSR count). The van der Waals surface area contributed by atoms with Crippen LogP contribution >= 0.6 is 0 Å². The van der Waals surface area contributed by atoms with E-state index < -0.39 is 11.9 Å². The summed E-state index contributed by atoms with van der Waals surface area (Å²) >= 11 is 0. The Hall–Kier alpha value is -1.16. The summed E-state index contributed by atoms with van der Waals surface area (Å²) in [5, 5.41) is 0. The van der Waals surface area contributed by atoms with E-state index in [0.29, 0.717) is 6.42 Å². The van der Waals surface area contributed by atoms with Crippen molar-refractivity contribution in [1.29, 1.82) is 0 Å². The van der Waals surface area contributed by atoms with Crippen molar-refractivity contribution in [1.82, 2.24) is 0 Å². The Kier molecular flexibility index (Phi) is 2.38. The largest absolute Gasteiger partial charge is 0.368 e. The molecule has 0 fully saturated rings. The zero-order chi connectivity index (χ0) is 8.27. The molecule has 4 nitrogen and oxygen atoms in total. The van der Waals surface area contributed by atoms with Gasteiger partial charge in [-0.05, 0) is 0 Å². The second kappa shape index (κ2) is 3.30. The van der Waals surface area contributed by atoms with Gasteiger partial charge in [0.25, 0.3) is 0 Å². The summed E-state index contributed by atoms with van der Waals surface area (Å²) in [6.45, 7) is 0. The highest BCUT2D eigenvalue weighted by Crippen LogP contribution is 2.10. The molecule has 0 radical (unpaired) electrons. The molecule has 0 aromatic heterocycles. The topological polar surface area (TPSA) is 81.5 Å². The number of hydrogen-bond acceptors (Lipinski definition) is 3. The molecule has 1 aliphatic rings. The summed E-state index contributed by atoms with van der Waals surface area (Å²) in [5.41, 5.74) is 11.2. The smallest absolute Gasteiger partial charge is 0.234 e. The fraction of sp³-hybridized carbons (Fsp3) is 0.429. The van der Waals surface area contributed by atoms with Gasteiger partial charge in [0.15, 0.2) is 0 Å². The predicted molar refractivity (Wildman–Crippen MR) is 43.0 cm³/mol. The zero-order valence-corrected chi connectivity index (χ0v) is 6.16. The summed E-state index contributed by atoms with van der Waals surface area (Å²) in [6, 6.07) is -0.600. The molecule has 1 heterocycles. The minimum Gasteiger partial charge on any atom is -0.368 e. The van der Waals surface area contributed by atoms with Crippen LogP contribution in [0.25, 0.3) is 0 Å². The molecule has 0 spiro atoms. The summed E-state index contributed by atoms with van der Waals surface area (Å²) in [6.07, 6.45) is 5.00. The Balaban J connectivity index is 2.42. The molecule has 0 bridgehead atoms. The van der Waals surface area contributed by atoms with Gasteiger partial charge < -0.3 is 11.5 Å². The van der Waals surface area contributed by atoms with Crippen LogP contribution in [0.15, 0.2) is 16.8 Å². The molecule has 0 saturated carbocycles. The van der Waals surface area contributed by atoms with Crippen LogP contribution in [0.1, 0.15) is 12.8 Å². The first kappa shape index (κ1) is 7.94. The third-order valence-electron chi connectivity index (χ3n) is 1.51. The van der Waals surface area contributed by atoms with Crippen LogP contribution in [0.3, 0.4) is 0 Å². The lowest BCUT2D eigenvalue weighted by atomic mass is 10.1. The number of rotatable bonds is 3. The van der Waals surface area contributed by atoms with Crippen LogP contribution < -0.4 is 11.5 Å². The predicted octanol–water partition coefficient (Wildman–Crippen LogP) is -0.453. The van der Waals surface area contributed by atoms with Crippen LogP contribution in [0.2, 0.25) is 0 Å². The standard InChI is InChI=1S/C7H11N3O/c8-6(7(9)11)4-5-2-1-3-10-5/h2-3,6H,1,4,8H2,(H2,9,11)/t6-/m0/s1. The van der Waals surface area contributed by atoms with Gasteiger partial charge in [-0.15, -0.1) is 0 Å². The number of nitrogens with two attached hydrogens (primary N) is 2. The molecule has 4 N–H and O–H groups in total. The number of hydrogen-bond donors (Lipinski definition) is 2. The van der Waals surface area contributed by atoms with Crippen molar-refractivity contribution in [3.05, 3.63) is 11.8 Å². The Morgan fingerprint density at radius 3 is 3.00 bits per heavy atom. The lowest BCUT2D eigenvalue weighted by molar-refractivity contribution is -0.119. The number of carbonyl (C=O) groups excluding carboxylic acids is 1. The fourth-order valence-corrected chi connectivity index (χ4v) is 0.873. The van der Waals surface area contributed by atoms with Crippen molar-refractivity contribution in [2.45, 2.75) is 18.9 Å². The van der Waals surface area contributed by atoms with Crippen LogP contribution in [-0.4, -0.2) is 18.2 Å². The van der Waals surface area contributed by atoms with Crippen molar-refractivity contribution in [2.75, 3.05) is 0 Å². The van der Waals surface area contributed by atoms with Crippen LogP contribution in [0.4, 0.5) is 0 Å². The monoisotopic (exact) mass is 153 g/mol. The van der Waals surface area contributed by atoms with Gasteiger partial charge in [0.2, 0.25) is 5.91 Å². The number of carbonyl (C=O) groups is 1. The maximum absolute atomic E-state index is 10.5. The molecule has 11 heavy (non-hydrogen) atoms. The van der Waals surface area contributed by atoms with E-state index >= 15 is 0 Å². The molecule has 0 unspecified atom stereocenters. The van der Waals surface area contributed by atoms with E-state index in [-0.39, 0.29) is 0 Å². The second-order valence-corrected chi connectivity index (χ2v) is 2.46. The SMILES string of the molecule is NC(=O)[C@@H](N)CC1=CCC=N1. The number of amides is 1. The maximum Gasteiger partial charge on any atom is 0.234 e. The van der Waals surface area contributed by atoms with E-state index in [0.717, 1.165) is 12.1 Å². The average molecular weight is 153 g/mol. The molecule has 0 aromatic rings. The van der Waals surface area contributed by atoms with Crippen molar-refractivity contribution in [3.63, 3.8) is 0 Å². The summed E-state index contributed by atoms with van der Waals surface area (Å²) in [7, 11) is 0. The van der Waals surface area contributed by atoms with Crippen molar-refractivity contribution in [2.24, 2.45) is 16.5 Å². The number of nitrogens with zero attached hydrogens (tertiary/aromatic N) is 1. The first-order chi connectivity index (χ1) is 5.20. The molecule has 4 heteroatoms. The summed E-state index contributed by atoms with van der Waals surface area (Å²) in [5.74, 6) is -0.479. The molecular weight excluding hydrogens is 142 g/mol. The first-order valence-electron chi connectivity index (χ1n) is 3.46. The van der Waals surface area contributed by atoms with E-state index in [4.69, 9.17) is 11.5 Å². The normalized spacial score (nSPS) is 18.1. The minimum absolute atomic E-state index is 0.450. The van der Waals surface area contributed by atoms with Gasteiger partial charge in [-0.1, -0.05) is 6.08 Å². The Morgan fingerprint density at radius 2 is 2.55 bits per heavy atom. The maximum atomic E-state index is 10.5. The molecule has 1 aliphatic heterocycles. The molecular formula is C7H11N3O. The quantitative estimate of drug-likeness (QED) is 0.575. The van der Waals surface area contributed by atoms with Gasteiger partial charge in [0.05, 0.1) is 6.04 Å². The molecule has 0 aromatic carbocycles. The van der Waals surface area contributed by atoms with Crippen LogP contribution in [0, 0.1) is 0 Å². The van der Waals surface area contributed by atoms with E-state index in [1.54, 1.807) is 6.21 Å². The molecule has 1 atom stereocenters. The van der Waals surface area contributed by atoms with E-state index in [1.807, 2.05) is 6.08 Å². The second-order valence-electron chi connectivity index (χ2n) is 2.46. The van der Waals surface area contributed by atoms with Gasteiger partial charge in [-0.3, -0.25) is 9.79 Å². The Bertz CT molecular complexity index is 220. The molecule has 0 saturated heterocycles. The highest BCUT2D eigenvalue weighted by molar-refractivity contribution is 5.80. The molecule has 60 valence electrons. The third kappa shape index (κ3) is 2.16. The van der Waals surface area contributed by atoms with Crippen LogP contribution in [-0.2, 0) is 4.79 Å². The Morgan fingerprint density at radius 1 is 1.82 bits per heavy atom. The summed E-state index contributed by atoms with van der Waals surface area (Å²) in [4.78, 5) is 14.5.